The molecule has 2 rings (SSSR count). The maximum Gasteiger partial charge on any atom is 0.224 e. The van der Waals surface area contributed by atoms with Crippen LogP contribution < -0.4 is 15.4 Å². The quantitative estimate of drug-likeness (QED) is 0.860. The molecule has 1 aromatic carbocycles. The highest BCUT2D eigenvalue weighted by Crippen LogP contribution is 2.19. The van der Waals surface area contributed by atoms with Crippen LogP contribution in [0.3, 0.4) is 0 Å². The summed E-state index contributed by atoms with van der Waals surface area (Å²) >= 11 is 0. The lowest BCUT2D eigenvalue weighted by Crippen LogP contribution is -2.48. The van der Waals surface area contributed by atoms with Gasteiger partial charge in [0.25, 0.3) is 0 Å². The maximum atomic E-state index is 12.0. The van der Waals surface area contributed by atoms with Crippen LogP contribution in [0.15, 0.2) is 18.2 Å². The SMILES string of the molecule is COc1cc(CC(=O)NC2CCC(=O)NC2)ccc1C. The van der Waals surface area contributed by atoms with E-state index in [-0.39, 0.29) is 17.9 Å². The molecule has 1 aliphatic rings. The first-order chi connectivity index (χ1) is 9.58. The van der Waals surface area contributed by atoms with E-state index in [1.165, 1.54) is 0 Å². The Kier molecular flexibility index (Phi) is 4.61. The lowest BCUT2D eigenvalue weighted by molar-refractivity contribution is -0.125. The molecule has 1 saturated heterocycles. The number of hydrogen-bond donors (Lipinski definition) is 2. The Balaban J connectivity index is 1.89. The number of benzene rings is 1. The van der Waals surface area contributed by atoms with Gasteiger partial charge in [0.2, 0.25) is 11.8 Å². The van der Waals surface area contributed by atoms with Gasteiger partial charge >= 0.3 is 0 Å². The van der Waals surface area contributed by atoms with Gasteiger partial charge in [-0.05, 0) is 30.5 Å². The molecule has 5 heteroatoms. The first-order valence-corrected chi connectivity index (χ1v) is 6.78. The molecule has 1 aromatic rings. The van der Waals surface area contributed by atoms with Gasteiger partial charge in [-0.15, -0.1) is 0 Å². The molecule has 0 aromatic heterocycles. The summed E-state index contributed by atoms with van der Waals surface area (Å²) < 4.78 is 5.25. The number of amides is 2. The first kappa shape index (κ1) is 14.4. The number of piperidine rings is 1. The van der Waals surface area contributed by atoms with E-state index in [0.29, 0.717) is 25.8 Å². The molecular formula is C15H20N2O3. The number of carbonyl (C=O) groups is 2. The van der Waals surface area contributed by atoms with E-state index in [1.54, 1.807) is 7.11 Å². The zero-order valence-electron chi connectivity index (χ0n) is 11.9. The summed E-state index contributed by atoms with van der Waals surface area (Å²) in [5.41, 5.74) is 1.97. The van der Waals surface area contributed by atoms with Crippen molar-refractivity contribution in [2.24, 2.45) is 0 Å². The zero-order valence-corrected chi connectivity index (χ0v) is 11.9. The fraction of sp³-hybridized carbons (Fsp3) is 0.467. The van der Waals surface area contributed by atoms with E-state index >= 15 is 0 Å². The minimum absolute atomic E-state index is 0.0305. The first-order valence-electron chi connectivity index (χ1n) is 6.78. The number of ether oxygens (including phenoxy) is 1. The van der Waals surface area contributed by atoms with E-state index in [9.17, 15) is 9.59 Å². The van der Waals surface area contributed by atoms with Crippen LogP contribution in [0.2, 0.25) is 0 Å². The Bertz CT molecular complexity index is 504. The maximum absolute atomic E-state index is 12.0. The summed E-state index contributed by atoms with van der Waals surface area (Å²) in [6.07, 6.45) is 1.50. The lowest BCUT2D eigenvalue weighted by Gasteiger charge is -2.23. The van der Waals surface area contributed by atoms with E-state index in [4.69, 9.17) is 4.74 Å². The number of hydrogen-bond acceptors (Lipinski definition) is 3. The van der Waals surface area contributed by atoms with Gasteiger partial charge in [-0.25, -0.2) is 0 Å². The Labute approximate surface area is 118 Å². The van der Waals surface area contributed by atoms with Crippen molar-refractivity contribution in [3.05, 3.63) is 29.3 Å². The van der Waals surface area contributed by atoms with E-state index in [2.05, 4.69) is 10.6 Å². The molecule has 1 heterocycles. The van der Waals surface area contributed by atoms with Gasteiger partial charge in [0.15, 0.2) is 0 Å². The van der Waals surface area contributed by atoms with Crippen molar-refractivity contribution in [2.45, 2.75) is 32.2 Å². The van der Waals surface area contributed by atoms with Gasteiger partial charge in [0.05, 0.1) is 13.5 Å². The Morgan fingerprint density at radius 2 is 2.30 bits per heavy atom. The molecule has 1 unspecified atom stereocenters. The third kappa shape index (κ3) is 3.73. The summed E-state index contributed by atoms with van der Waals surface area (Å²) in [5.74, 6) is 0.816. The van der Waals surface area contributed by atoms with Gasteiger partial charge in [0.1, 0.15) is 5.75 Å². The van der Waals surface area contributed by atoms with Crippen LogP contribution in [0.5, 0.6) is 5.75 Å². The average molecular weight is 276 g/mol. The van der Waals surface area contributed by atoms with Gasteiger partial charge < -0.3 is 15.4 Å². The number of nitrogens with one attached hydrogen (secondary N) is 2. The molecule has 108 valence electrons. The standard InChI is InChI=1S/C15H20N2O3/c1-10-3-4-11(7-13(10)20-2)8-15(19)17-12-5-6-14(18)16-9-12/h3-4,7,12H,5-6,8-9H2,1-2H3,(H,16,18)(H,17,19). The lowest BCUT2D eigenvalue weighted by atomic mass is 10.1. The van der Waals surface area contributed by atoms with Crippen molar-refractivity contribution in [3.8, 4) is 5.75 Å². The second kappa shape index (κ2) is 6.41. The third-order valence-electron chi connectivity index (χ3n) is 3.47. The van der Waals surface area contributed by atoms with Gasteiger partial charge in [-0.2, -0.15) is 0 Å². The highest BCUT2D eigenvalue weighted by Gasteiger charge is 2.19. The van der Waals surface area contributed by atoms with Crippen molar-refractivity contribution < 1.29 is 14.3 Å². The highest BCUT2D eigenvalue weighted by molar-refractivity contribution is 5.80. The zero-order chi connectivity index (χ0) is 14.5. The molecule has 5 nitrogen and oxygen atoms in total. The van der Waals surface area contributed by atoms with Crippen LogP contribution in [-0.2, 0) is 16.0 Å². The molecule has 1 atom stereocenters. The van der Waals surface area contributed by atoms with E-state index < -0.39 is 0 Å². The topological polar surface area (TPSA) is 67.4 Å². The fourth-order valence-corrected chi connectivity index (χ4v) is 2.29. The van der Waals surface area contributed by atoms with Crippen LogP contribution in [0, 0.1) is 6.92 Å². The normalized spacial score (nSPS) is 18.3. The summed E-state index contributed by atoms with van der Waals surface area (Å²) in [4.78, 5) is 23.0. The van der Waals surface area contributed by atoms with Gasteiger partial charge in [-0.1, -0.05) is 12.1 Å². The summed E-state index contributed by atoms with van der Waals surface area (Å²) in [5, 5.41) is 5.70. The Morgan fingerprint density at radius 3 is 2.95 bits per heavy atom. The molecule has 0 aliphatic carbocycles. The second-order valence-corrected chi connectivity index (χ2v) is 5.09. The predicted octanol–water partition coefficient (Wildman–Crippen LogP) is 0.941. The largest absolute Gasteiger partial charge is 0.496 e. The molecule has 0 saturated carbocycles. The minimum atomic E-state index is -0.0305. The van der Waals surface area contributed by atoms with E-state index in [0.717, 1.165) is 16.9 Å². The summed E-state index contributed by atoms with van der Waals surface area (Å²) in [6.45, 7) is 2.48. The Hall–Kier alpha value is -2.04. The number of rotatable bonds is 4. The molecular weight excluding hydrogens is 256 g/mol. The molecule has 0 radical (unpaired) electrons. The van der Waals surface area contributed by atoms with Crippen molar-refractivity contribution >= 4 is 11.8 Å². The van der Waals surface area contributed by atoms with Crippen LogP contribution in [0.4, 0.5) is 0 Å². The average Bonchev–Trinajstić information content (AvgIpc) is 2.43. The molecule has 0 spiro atoms. The molecule has 1 aliphatic heterocycles. The number of aryl methyl sites for hydroxylation is 1. The molecule has 20 heavy (non-hydrogen) atoms. The number of carbonyl (C=O) groups excluding carboxylic acids is 2. The predicted molar refractivity (Wildman–Crippen MR) is 75.6 cm³/mol. The van der Waals surface area contributed by atoms with E-state index in [1.807, 2.05) is 25.1 Å². The van der Waals surface area contributed by atoms with Crippen molar-refractivity contribution in [1.29, 1.82) is 0 Å². The van der Waals surface area contributed by atoms with Crippen molar-refractivity contribution in [1.82, 2.24) is 10.6 Å². The van der Waals surface area contributed by atoms with Crippen LogP contribution in [0.1, 0.15) is 24.0 Å². The monoisotopic (exact) mass is 276 g/mol. The van der Waals surface area contributed by atoms with Gasteiger partial charge in [0, 0.05) is 19.0 Å². The number of methoxy groups -OCH3 is 1. The fourth-order valence-electron chi connectivity index (χ4n) is 2.29. The Morgan fingerprint density at radius 1 is 1.50 bits per heavy atom. The third-order valence-corrected chi connectivity index (χ3v) is 3.47. The molecule has 0 bridgehead atoms. The summed E-state index contributed by atoms with van der Waals surface area (Å²) in [6, 6.07) is 5.80. The molecule has 2 N–H and O–H groups in total. The van der Waals surface area contributed by atoms with Crippen molar-refractivity contribution in [2.75, 3.05) is 13.7 Å². The summed E-state index contributed by atoms with van der Waals surface area (Å²) in [7, 11) is 1.62. The molecule has 2 amide bonds. The second-order valence-electron chi connectivity index (χ2n) is 5.09. The van der Waals surface area contributed by atoms with Crippen molar-refractivity contribution in [3.63, 3.8) is 0 Å². The minimum Gasteiger partial charge on any atom is -0.496 e. The van der Waals surface area contributed by atoms with Crippen LogP contribution in [0.25, 0.3) is 0 Å². The highest BCUT2D eigenvalue weighted by atomic mass is 16.5. The van der Waals surface area contributed by atoms with Crippen LogP contribution >= 0.6 is 0 Å². The smallest absolute Gasteiger partial charge is 0.224 e. The van der Waals surface area contributed by atoms with Crippen LogP contribution in [-0.4, -0.2) is 31.5 Å². The molecule has 1 fully saturated rings. The van der Waals surface area contributed by atoms with Gasteiger partial charge in [-0.3, -0.25) is 9.59 Å².